The van der Waals surface area contributed by atoms with E-state index in [1.807, 2.05) is 0 Å². The number of carbonyl (C=O) groups is 2. The van der Waals surface area contributed by atoms with Crippen LogP contribution in [0.4, 0.5) is 0 Å². The Morgan fingerprint density at radius 1 is 1.33 bits per heavy atom. The van der Waals surface area contributed by atoms with E-state index in [0.29, 0.717) is 11.1 Å². The monoisotopic (exact) mass is 250 g/mol. The lowest BCUT2D eigenvalue weighted by Crippen LogP contribution is -2.44. The number of nitrogens with one attached hydrogen (secondary N) is 1. The lowest BCUT2D eigenvalue weighted by molar-refractivity contribution is -0.140. The predicted molar refractivity (Wildman–Crippen MR) is 68.1 cm³/mol. The summed E-state index contributed by atoms with van der Waals surface area (Å²) in [4.78, 5) is 23.0. The Bertz CT molecular complexity index is 444. The predicted octanol–water partition coefficient (Wildman–Crippen LogP) is 0.984. The number of nitrogens with two attached hydrogens (primary N) is 1. The summed E-state index contributed by atoms with van der Waals surface area (Å²) in [7, 11) is 0. The van der Waals surface area contributed by atoms with Crippen molar-refractivity contribution in [3.05, 3.63) is 35.4 Å². The van der Waals surface area contributed by atoms with E-state index >= 15 is 0 Å². The fourth-order valence-electron chi connectivity index (χ4n) is 1.65. The van der Waals surface area contributed by atoms with Crippen LogP contribution in [0.5, 0.6) is 0 Å². The molecule has 1 amide bonds. The highest BCUT2D eigenvalue weighted by Gasteiger charge is 2.24. The molecule has 0 saturated heterocycles. The lowest BCUT2D eigenvalue weighted by Gasteiger charge is -2.18. The first-order valence-corrected chi connectivity index (χ1v) is 5.79. The maximum atomic E-state index is 12.0. The molecule has 1 aromatic carbocycles. The first-order valence-electron chi connectivity index (χ1n) is 5.79. The van der Waals surface area contributed by atoms with Gasteiger partial charge in [0.15, 0.2) is 0 Å². The SMILES string of the molecule is CC(C)C(NC(=O)c1ccccc1CN)C(=O)O. The third kappa shape index (κ3) is 3.30. The Labute approximate surface area is 106 Å². The summed E-state index contributed by atoms with van der Waals surface area (Å²) in [5, 5.41) is 11.5. The summed E-state index contributed by atoms with van der Waals surface area (Å²) in [5.74, 6) is -1.63. The van der Waals surface area contributed by atoms with Crippen molar-refractivity contribution in [1.82, 2.24) is 5.32 Å². The molecule has 0 heterocycles. The highest BCUT2D eigenvalue weighted by Crippen LogP contribution is 2.10. The first kappa shape index (κ1) is 14.2. The molecule has 1 unspecified atom stereocenters. The van der Waals surface area contributed by atoms with Crippen LogP contribution in [-0.2, 0) is 11.3 Å². The molecule has 0 aromatic heterocycles. The van der Waals surface area contributed by atoms with Crippen LogP contribution in [0.2, 0.25) is 0 Å². The molecule has 18 heavy (non-hydrogen) atoms. The van der Waals surface area contributed by atoms with Gasteiger partial charge < -0.3 is 16.2 Å². The van der Waals surface area contributed by atoms with E-state index in [1.54, 1.807) is 38.1 Å². The van der Waals surface area contributed by atoms with Crippen molar-refractivity contribution in [2.24, 2.45) is 11.7 Å². The highest BCUT2D eigenvalue weighted by atomic mass is 16.4. The Morgan fingerprint density at radius 3 is 2.44 bits per heavy atom. The van der Waals surface area contributed by atoms with Gasteiger partial charge in [-0.2, -0.15) is 0 Å². The number of hydrogen-bond donors (Lipinski definition) is 3. The normalized spacial score (nSPS) is 12.2. The molecule has 1 rings (SSSR count). The molecule has 98 valence electrons. The van der Waals surface area contributed by atoms with Crippen LogP contribution in [0.3, 0.4) is 0 Å². The van der Waals surface area contributed by atoms with Crippen molar-refractivity contribution in [3.8, 4) is 0 Å². The number of carbonyl (C=O) groups excluding carboxylic acids is 1. The quantitative estimate of drug-likeness (QED) is 0.726. The molecule has 1 aromatic rings. The van der Waals surface area contributed by atoms with Gasteiger partial charge >= 0.3 is 5.97 Å². The minimum Gasteiger partial charge on any atom is -0.480 e. The van der Waals surface area contributed by atoms with Crippen molar-refractivity contribution in [2.75, 3.05) is 0 Å². The van der Waals surface area contributed by atoms with Gasteiger partial charge in [0.25, 0.3) is 5.91 Å². The maximum Gasteiger partial charge on any atom is 0.326 e. The van der Waals surface area contributed by atoms with Crippen LogP contribution in [-0.4, -0.2) is 23.0 Å². The standard InChI is InChI=1S/C13H18N2O3/c1-8(2)11(13(17)18)15-12(16)10-6-4-3-5-9(10)7-14/h3-6,8,11H,7,14H2,1-2H3,(H,15,16)(H,17,18). The average molecular weight is 250 g/mol. The van der Waals surface area contributed by atoms with Gasteiger partial charge in [-0.3, -0.25) is 4.79 Å². The Hall–Kier alpha value is -1.88. The third-order valence-corrected chi connectivity index (χ3v) is 2.70. The van der Waals surface area contributed by atoms with E-state index < -0.39 is 17.9 Å². The number of hydrogen-bond acceptors (Lipinski definition) is 3. The largest absolute Gasteiger partial charge is 0.480 e. The van der Waals surface area contributed by atoms with E-state index in [0.717, 1.165) is 0 Å². The van der Waals surface area contributed by atoms with Gasteiger partial charge in [0, 0.05) is 12.1 Å². The lowest BCUT2D eigenvalue weighted by atomic mass is 10.0. The Morgan fingerprint density at radius 2 is 1.94 bits per heavy atom. The van der Waals surface area contributed by atoms with Gasteiger partial charge in [0.2, 0.25) is 0 Å². The van der Waals surface area contributed by atoms with E-state index in [9.17, 15) is 9.59 Å². The molecule has 0 bridgehead atoms. The second kappa shape index (κ2) is 6.16. The molecule has 5 nitrogen and oxygen atoms in total. The summed E-state index contributed by atoms with van der Waals surface area (Å²) < 4.78 is 0. The molecule has 0 aliphatic heterocycles. The summed E-state index contributed by atoms with van der Waals surface area (Å²) in [6.45, 7) is 3.73. The van der Waals surface area contributed by atoms with Crippen molar-refractivity contribution >= 4 is 11.9 Å². The molecule has 0 aliphatic rings. The van der Waals surface area contributed by atoms with Gasteiger partial charge in [-0.1, -0.05) is 32.0 Å². The van der Waals surface area contributed by atoms with Crippen LogP contribution < -0.4 is 11.1 Å². The van der Waals surface area contributed by atoms with Crippen molar-refractivity contribution in [2.45, 2.75) is 26.4 Å². The summed E-state index contributed by atoms with van der Waals surface area (Å²) >= 11 is 0. The molecule has 0 fully saturated rings. The zero-order valence-corrected chi connectivity index (χ0v) is 10.5. The van der Waals surface area contributed by atoms with Crippen LogP contribution >= 0.6 is 0 Å². The average Bonchev–Trinajstić information content (AvgIpc) is 2.34. The maximum absolute atomic E-state index is 12.0. The van der Waals surface area contributed by atoms with Crippen LogP contribution in [0.15, 0.2) is 24.3 Å². The molecule has 4 N–H and O–H groups in total. The molecular weight excluding hydrogens is 232 g/mol. The molecule has 0 aliphatic carbocycles. The van der Waals surface area contributed by atoms with Gasteiger partial charge in [0.05, 0.1) is 0 Å². The van der Waals surface area contributed by atoms with Gasteiger partial charge in [-0.05, 0) is 17.5 Å². The van der Waals surface area contributed by atoms with E-state index in [2.05, 4.69) is 5.32 Å². The summed E-state index contributed by atoms with van der Waals surface area (Å²) in [5.41, 5.74) is 6.66. The molecule has 5 heteroatoms. The molecule has 0 radical (unpaired) electrons. The second-order valence-corrected chi connectivity index (χ2v) is 4.39. The number of benzene rings is 1. The number of rotatable bonds is 5. The van der Waals surface area contributed by atoms with Gasteiger partial charge in [0.1, 0.15) is 6.04 Å². The van der Waals surface area contributed by atoms with Crippen molar-refractivity contribution < 1.29 is 14.7 Å². The van der Waals surface area contributed by atoms with Gasteiger partial charge in [-0.15, -0.1) is 0 Å². The molecule has 1 atom stereocenters. The topological polar surface area (TPSA) is 92.4 Å². The Balaban J connectivity index is 2.90. The third-order valence-electron chi connectivity index (χ3n) is 2.70. The zero-order valence-electron chi connectivity index (χ0n) is 10.5. The summed E-state index contributed by atoms with van der Waals surface area (Å²) in [6.07, 6.45) is 0. The highest BCUT2D eigenvalue weighted by molar-refractivity contribution is 5.97. The van der Waals surface area contributed by atoms with E-state index in [4.69, 9.17) is 10.8 Å². The van der Waals surface area contributed by atoms with Crippen LogP contribution in [0, 0.1) is 5.92 Å². The minimum atomic E-state index is -1.04. The summed E-state index contributed by atoms with van der Waals surface area (Å²) in [6, 6.07) is 6.00. The van der Waals surface area contributed by atoms with E-state index in [-0.39, 0.29) is 12.5 Å². The molecule has 0 spiro atoms. The van der Waals surface area contributed by atoms with Crippen LogP contribution in [0.25, 0.3) is 0 Å². The van der Waals surface area contributed by atoms with Crippen molar-refractivity contribution in [1.29, 1.82) is 0 Å². The van der Waals surface area contributed by atoms with E-state index in [1.165, 1.54) is 0 Å². The number of amides is 1. The number of carboxylic acids is 1. The molecule has 0 saturated carbocycles. The Kier molecular flexibility index (Phi) is 4.85. The molecular formula is C13H18N2O3. The second-order valence-electron chi connectivity index (χ2n) is 4.39. The smallest absolute Gasteiger partial charge is 0.326 e. The van der Waals surface area contributed by atoms with Gasteiger partial charge in [-0.25, -0.2) is 4.79 Å². The number of carboxylic acid groups (broad SMARTS) is 1. The zero-order chi connectivity index (χ0) is 13.7. The number of aliphatic carboxylic acids is 1. The van der Waals surface area contributed by atoms with Crippen molar-refractivity contribution in [3.63, 3.8) is 0 Å². The fraction of sp³-hybridized carbons (Fsp3) is 0.385. The van der Waals surface area contributed by atoms with Crippen LogP contribution in [0.1, 0.15) is 29.8 Å². The first-order chi connectivity index (χ1) is 8.47. The fourth-order valence-corrected chi connectivity index (χ4v) is 1.65. The minimum absolute atomic E-state index is 0.184.